The molecule has 5 heteroatoms. The molecule has 0 bridgehead atoms. The fourth-order valence-electron chi connectivity index (χ4n) is 3.15. The Morgan fingerprint density at radius 3 is 2.63 bits per heavy atom. The van der Waals surface area contributed by atoms with Crippen LogP contribution in [-0.4, -0.2) is 30.6 Å². The van der Waals surface area contributed by atoms with E-state index in [1.165, 1.54) is 18.4 Å². The van der Waals surface area contributed by atoms with Crippen molar-refractivity contribution < 1.29 is 9.53 Å². The van der Waals surface area contributed by atoms with E-state index in [4.69, 9.17) is 4.74 Å². The number of amides is 1. The zero-order chi connectivity index (χ0) is 19.2. The van der Waals surface area contributed by atoms with Crippen molar-refractivity contribution >= 4 is 11.7 Å². The molecule has 0 radical (unpaired) electrons. The standard InChI is InChI=1S/C22H29N3O2/c1-16-8-10-25(11-9-16)21-7-5-19(13-23-21)14-24-22(26)15-27-20-6-4-17(2)18(3)12-20/h4-7,12-13,16H,8-11,14-15H2,1-3H3,(H,24,26). The molecule has 0 spiro atoms. The number of rotatable bonds is 6. The van der Waals surface area contributed by atoms with E-state index in [0.29, 0.717) is 6.54 Å². The number of hydrogen-bond acceptors (Lipinski definition) is 4. The molecule has 2 heterocycles. The van der Waals surface area contributed by atoms with E-state index in [1.807, 2.05) is 43.5 Å². The first-order valence-electron chi connectivity index (χ1n) is 9.68. The molecule has 1 aromatic heterocycles. The van der Waals surface area contributed by atoms with Crippen LogP contribution in [-0.2, 0) is 11.3 Å². The van der Waals surface area contributed by atoms with Gasteiger partial charge in [-0.05, 0) is 67.5 Å². The summed E-state index contributed by atoms with van der Waals surface area (Å²) >= 11 is 0. The van der Waals surface area contributed by atoms with Crippen molar-refractivity contribution in [2.24, 2.45) is 5.92 Å². The molecule has 0 unspecified atom stereocenters. The van der Waals surface area contributed by atoms with E-state index in [9.17, 15) is 4.79 Å². The number of benzene rings is 1. The molecule has 27 heavy (non-hydrogen) atoms. The fraction of sp³-hybridized carbons (Fsp3) is 0.455. The van der Waals surface area contributed by atoms with Gasteiger partial charge in [0.1, 0.15) is 11.6 Å². The highest BCUT2D eigenvalue weighted by molar-refractivity contribution is 5.77. The number of aromatic nitrogens is 1. The van der Waals surface area contributed by atoms with Gasteiger partial charge >= 0.3 is 0 Å². The Bertz CT molecular complexity index is 766. The number of hydrogen-bond donors (Lipinski definition) is 1. The van der Waals surface area contributed by atoms with Gasteiger partial charge in [0.15, 0.2) is 6.61 Å². The average Bonchev–Trinajstić information content (AvgIpc) is 2.68. The highest BCUT2D eigenvalue weighted by atomic mass is 16.5. The first kappa shape index (κ1) is 19.2. The van der Waals surface area contributed by atoms with Crippen LogP contribution in [0, 0.1) is 19.8 Å². The molecule has 1 aliphatic heterocycles. The number of nitrogens with zero attached hydrogens (tertiary/aromatic N) is 2. The molecular formula is C22H29N3O2. The van der Waals surface area contributed by atoms with Crippen LogP contribution in [0.1, 0.15) is 36.5 Å². The zero-order valence-corrected chi connectivity index (χ0v) is 16.5. The van der Waals surface area contributed by atoms with Gasteiger partial charge in [0.05, 0.1) is 0 Å². The molecule has 144 valence electrons. The SMILES string of the molecule is Cc1ccc(OCC(=O)NCc2ccc(N3CCC(C)CC3)nc2)cc1C. The maximum Gasteiger partial charge on any atom is 0.258 e. The molecule has 2 aromatic rings. The minimum absolute atomic E-state index is 0.0139. The monoisotopic (exact) mass is 367 g/mol. The summed E-state index contributed by atoms with van der Waals surface area (Å²) in [6.45, 7) is 9.00. The van der Waals surface area contributed by atoms with Gasteiger partial charge in [-0.2, -0.15) is 0 Å². The first-order valence-corrected chi connectivity index (χ1v) is 9.68. The molecule has 1 fully saturated rings. The Kier molecular flexibility index (Phi) is 6.32. The highest BCUT2D eigenvalue weighted by Crippen LogP contribution is 2.21. The number of nitrogens with one attached hydrogen (secondary N) is 1. The van der Waals surface area contributed by atoms with Crippen molar-refractivity contribution in [3.63, 3.8) is 0 Å². The molecule has 1 amide bonds. The van der Waals surface area contributed by atoms with Gasteiger partial charge in [0.2, 0.25) is 0 Å². The zero-order valence-electron chi connectivity index (χ0n) is 16.5. The molecule has 1 saturated heterocycles. The van der Waals surface area contributed by atoms with Gasteiger partial charge in [0, 0.05) is 25.8 Å². The van der Waals surface area contributed by atoms with Crippen LogP contribution in [0.5, 0.6) is 5.75 Å². The Labute approximate surface area is 161 Å². The smallest absolute Gasteiger partial charge is 0.258 e. The predicted molar refractivity (Wildman–Crippen MR) is 108 cm³/mol. The topological polar surface area (TPSA) is 54.5 Å². The molecule has 0 atom stereocenters. The third kappa shape index (κ3) is 5.46. The minimum Gasteiger partial charge on any atom is -0.484 e. The number of carbonyl (C=O) groups excluding carboxylic acids is 1. The Morgan fingerprint density at radius 1 is 1.19 bits per heavy atom. The summed E-state index contributed by atoms with van der Waals surface area (Å²) in [5.74, 6) is 2.41. The van der Waals surface area contributed by atoms with Crippen LogP contribution in [0.3, 0.4) is 0 Å². The van der Waals surface area contributed by atoms with Crippen LogP contribution < -0.4 is 15.0 Å². The Morgan fingerprint density at radius 2 is 1.96 bits per heavy atom. The van der Waals surface area contributed by atoms with Gasteiger partial charge in [-0.25, -0.2) is 4.98 Å². The van der Waals surface area contributed by atoms with E-state index in [2.05, 4.69) is 29.0 Å². The Balaban J connectivity index is 1.43. The molecule has 1 aliphatic rings. The first-order chi connectivity index (χ1) is 13.0. The summed E-state index contributed by atoms with van der Waals surface area (Å²) in [5.41, 5.74) is 3.35. The maximum absolute atomic E-state index is 12.0. The van der Waals surface area contributed by atoms with E-state index < -0.39 is 0 Å². The third-order valence-electron chi connectivity index (χ3n) is 5.25. The molecule has 0 saturated carbocycles. The Hall–Kier alpha value is -2.56. The van der Waals surface area contributed by atoms with Crippen LogP contribution in [0.4, 0.5) is 5.82 Å². The molecular weight excluding hydrogens is 338 g/mol. The number of anilines is 1. The normalized spacial score (nSPS) is 14.9. The van der Waals surface area contributed by atoms with Crippen molar-refractivity contribution in [1.29, 1.82) is 0 Å². The van der Waals surface area contributed by atoms with Crippen LogP contribution in [0.15, 0.2) is 36.5 Å². The maximum atomic E-state index is 12.0. The van der Waals surface area contributed by atoms with Gasteiger partial charge < -0.3 is 15.0 Å². The van der Waals surface area contributed by atoms with Crippen molar-refractivity contribution in [3.05, 3.63) is 53.2 Å². The van der Waals surface area contributed by atoms with Crippen molar-refractivity contribution in [2.75, 3.05) is 24.6 Å². The van der Waals surface area contributed by atoms with Crippen molar-refractivity contribution in [3.8, 4) is 5.75 Å². The van der Waals surface area contributed by atoms with Crippen molar-refractivity contribution in [2.45, 2.75) is 40.2 Å². The van der Waals surface area contributed by atoms with E-state index in [-0.39, 0.29) is 12.5 Å². The summed E-state index contributed by atoms with van der Waals surface area (Å²) < 4.78 is 5.56. The van der Waals surface area contributed by atoms with Gasteiger partial charge in [-0.3, -0.25) is 4.79 Å². The van der Waals surface area contributed by atoms with Crippen LogP contribution in [0.25, 0.3) is 0 Å². The molecule has 0 aliphatic carbocycles. The summed E-state index contributed by atoms with van der Waals surface area (Å²) in [4.78, 5) is 18.9. The lowest BCUT2D eigenvalue weighted by Crippen LogP contribution is -2.33. The fourth-order valence-corrected chi connectivity index (χ4v) is 3.15. The summed E-state index contributed by atoms with van der Waals surface area (Å²) in [6, 6.07) is 9.92. The molecule has 3 rings (SSSR count). The minimum atomic E-state index is -0.137. The van der Waals surface area contributed by atoms with Crippen LogP contribution >= 0.6 is 0 Å². The number of piperidine rings is 1. The number of carbonyl (C=O) groups is 1. The quantitative estimate of drug-likeness (QED) is 0.847. The largest absolute Gasteiger partial charge is 0.484 e. The lowest BCUT2D eigenvalue weighted by atomic mass is 9.99. The second kappa shape index (κ2) is 8.89. The molecule has 1 N–H and O–H groups in total. The van der Waals surface area contributed by atoms with Gasteiger partial charge in [-0.15, -0.1) is 0 Å². The second-order valence-electron chi connectivity index (χ2n) is 7.51. The highest BCUT2D eigenvalue weighted by Gasteiger charge is 2.16. The number of pyridine rings is 1. The average molecular weight is 367 g/mol. The van der Waals surface area contributed by atoms with E-state index >= 15 is 0 Å². The van der Waals surface area contributed by atoms with Crippen LogP contribution in [0.2, 0.25) is 0 Å². The van der Waals surface area contributed by atoms with Gasteiger partial charge in [-0.1, -0.05) is 19.1 Å². The van der Waals surface area contributed by atoms with E-state index in [1.54, 1.807) is 0 Å². The van der Waals surface area contributed by atoms with Gasteiger partial charge in [0.25, 0.3) is 5.91 Å². The number of ether oxygens (including phenoxy) is 1. The number of aryl methyl sites for hydroxylation is 2. The summed E-state index contributed by atoms with van der Waals surface area (Å²) in [5, 5.41) is 2.88. The third-order valence-corrected chi connectivity index (χ3v) is 5.25. The molecule has 5 nitrogen and oxygen atoms in total. The second-order valence-corrected chi connectivity index (χ2v) is 7.51. The summed E-state index contributed by atoms with van der Waals surface area (Å²) in [6.07, 6.45) is 4.29. The lowest BCUT2D eigenvalue weighted by Gasteiger charge is -2.31. The van der Waals surface area contributed by atoms with Crippen molar-refractivity contribution in [1.82, 2.24) is 10.3 Å². The summed E-state index contributed by atoms with van der Waals surface area (Å²) in [7, 11) is 0. The predicted octanol–water partition coefficient (Wildman–Crippen LogP) is 3.63. The lowest BCUT2D eigenvalue weighted by molar-refractivity contribution is -0.123. The van der Waals surface area contributed by atoms with E-state index in [0.717, 1.165) is 41.7 Å². The molecule has 1 aromatic carbocycles.